The van der Waals surface area contributed by atoms with E-state index in [1.54, 1.807) is 0 Å². The van der Waals surface area contributed by atoms with Crippen LogP contribution >= 0.6 is 0 Å². The van der Waals surface area contributed by atoms with Gasteiger partial charge in [-0.15, -0.1) is 0 Å². The van der Waals surface area contributed by atoms with Crippen molar-refractivity contribution in [2.45, 2.75) is 30.7 Å². The second-order valence-corrected chi connectivity index (χ2v) is 9.68. The predicted octanol–water partition coefficient (Wildman–Crippen LogP) is 0.443. The van der Waals surface area contributed by atoms with E-state index >= 15 is 0 Å². The zero-order chi connectivity index (χ0) is 32.0. The molecule has 1 aromatic heterocycles. The number of hydrogen-bond donors (Lipinski definition) is 10. The fourth-order valence-electron chi connectivity index (χ4n) is 4.52. The van der Waals surface area contributed by atoms with Crippen LogP contribution < -0.4 is 10.2 Å². The van der Waals surface area contributed by atoms with Gasteiger partial charge in [-0.3, -0.25) is 4.79 Å². The molecule has 1 aliphatic rings. The molecule has 2 heterocycles. The van der Waals surface area contributed by atoms with Crippen LogP contribution in [0.25, 0.3) is 22.3 Å². The maximum Gasteiger partial charge on any atom is 0.339 e. The van der Waals surface area contributed by atoms with Crippen molar-refractivity contribution >= 4 is 16.9 Å². The number of ether oxygens (including phenoxy) is 3. The third-order valence-corrected chi connectivity index (χ3v) is 6.78. The van der Waals surface area contributed by atoms with Crippen LogP contribution in [0, 0.1) is 0 Å². The molecule has 0 unspecified atom stereocenters. The number of aliphatic hydroxyl groups is 3. The second-order valence-electron chi connectivity index (χ2n) is 9.68. The molecular formula is C28H24O16. The number of rotatable bonds is 6. The third-order valence-electron chi connectivity index (χ3n) is 6.78. The van der Waals surface area contributed by atoms with E-state index in [9.17, 15) is 60.7 Å². The number of carbonyl (C=O) groups excluding carboxylic acids is 1. The first-order chi connectivity index (χ1) is 20.8. The smallest absolute Gasteiger partial charge is 0.339 e. The summed E-state index contributed by atoms with van der Waals surface area (Å²) < 4.78 is 22.2. The van der Waals surface area contributed by atoms with Gasteiger partial charge in [-0.2, -0.15) is 0 Å². The van der Waals surface area contributed by atoms with Gasteiger partial charge in [0.2, 0.25) is 12.0 Å². The molecule has 10 N–H and O–H groups in total. The minimum Gasteiger partial charge on any atom is -0.507 e. The summed E-state index contributed by atoms with van der Waals surface area (Å²) in [5.41, 5.74) is -1.87. The first kappa shape index (κ1) is 30.1. The molecule has 3 aromatic carbocycles. The van der Waals surface area contributed by atoms with Crippen LogP contribution in [0.4, 0.5) is 0 Å². The third kappa shape index (κ3) is 5.29. The molecule has 0 bridgehead atoms. The van der Waals surface area contributed by atoms with E-state index in [1.165, 1.54) is 6.07 Å². The highest BCUT2D eigenvalue weighted by molar-refractivity contribution is 5.92. The summed E-state index contributed by atoms with van der Waals surface area (Å²) in [5.74, 6) is -7.55. The predicted molar refractivity (Wildman–Crippen MR) is 144 cm³/mol. The summed E-state index contributed by atoms with van der Waals surface area (Å²) in [7, 11) is 0. The van der Waals surface area contributed by atoms with Gasteiger partial charge in [0.1, 0.15) is 35.2 Å². The minimum atomic E-state index is -2.01. The Morgan fingerprint density at radius 2 is 1.48 bits per heavy atom. The lowest BCUT2D eigenvalue weighted by atomic mass is 9.99. The number of hydrogen-bond acceptors (Lipinski definition) is 16. The number of fused-ring (bicyclic) bond motifs is 1. The standard InChI is InChI=1S/C28H24O16/c29-8-19-22(38)23(39)26(43-27(40)10-4-15(34)21(37)16(35)5-10)28(42-19)44-24-17(36)6-13(32)20-14(33)7-18(41-25(20)24)9-1-2-11(30)12(31)3-9/h1-7,19,22-23,26,28-32,34-39H,8H2/t19-,22-,23+,26-,28+/m1/s1. The van der Waals surface area contributed by atoms with Gasteiger partial charge >= 0.3 is 5.97 Å². The van der Waals surface area contributed by atoms with Gasteiger partial charge in [0.25, 0.3) is 0 Å². The molecule has 0 aliphatic carbocycles. The lowest BCUT2D eigenvalue weighted by Crippen LogP contribution is -2.61. The number of benzene rings is 3. The normalized spacial score (nSPS) is 21.7. The number of carbonyl (C=O) groups is 1. The molecule has 1 aliphatic heterocycles. The van der Waals surface area contributed by atoms with Crippen molar-refractivity contribution in [2.75, 3.05) is 6.61 Å². The quantitative estimate of drug-likeness (QED) is 0.104. The van der Waals surface area contributed by atoms with Crippen molar-refractivity contribution in [1.29, 1.82) is 0 Å². The SMILES string of the molecule is O=C(O[C@H]1[C@H](Oc2c(O)cc(O)c3c(=O)cc(-c4ccc(O)c(O)c4)oc23)O[C@H](CO)[C@@H](O)[C@@H]1O)c1cc(O)c(O)c(O)c1. The summed E-state index contributed by atoms with van der Waals surface area (Å²) in [6.07, 6.45) is -9.30. The maximum atomic E-state index is 13.0. The van der Waals surface area contributed by atoms with E-state index in [-0.39, 0.29) is 11.3 Å². The zero-order valence-corrected chi connectivity index (χ0v) is 22.1. The van der Waals surface area contributed by atoms with Gasteiger partial charge < -0.3 is 69.7 Å². The Hall–Kier alpha value is -5.42. The molecule has 16 nitrogen and oxygen atoms in total. The molecule has 0 amide bonds. The zero-order valence-electron chi connectivity index (χ0n) is 22.1. The topological polar surface area (TPSA) is 277 Å². The van der Waals surface area contributed by atoms with Crippen molar-refractivity contribution in [3.63, 3.8) is 0 Å². The highest BCUT2D eigenvalue weighted by atomic mass is 16.7. The molecular weight excluding hydrogens is 592 g/mol. The Morgan fingerprint density at radius 1 is 0.795 bits per heavy atom. The molecule has 0 radical (unpaired) electrons. The molecule has 5 rings (SSSR count). The van der Waals surface area contributed by atoms with Crippen LogP contribution in [0.2, 0.25) is 0 Å². The van der Waals surface area contributed by atoms with Crippen LogP contribution in [0.3, 0.4) is 0 Å². The second kappa shape index (κ2) is 11.3. The highest BCUT2D eigenvalue weighted by Crippen LogP contribution is 2.43. The fourth-order valence-corrected chi connectivity index (χ4v) is 4.52. The fraction of sp³-hybridized carbons (Fsp3) is 0.214. The van der Waals surface area contributed by atoms with Crippen LogP contribution in [-0.4, -0.2) is 94.3 Å². The largest absolute Gasteiger partial charge is 0.507 e. The monoisotopic (exact) mass is 616 g/mol. The molecule has 0 saturated carbocycles. The average molecular weight is 616 g/mol. The summed E-state index contributed by atoms with van der Waals surface area (Å²) in [6.45, 7) is -0.871. The van der Waals surface area contributed by atoms with Gasteiger partial charge in [-0.25, -0.2) is 4.79 Å². The summed E-state index contributed by atoms with van der Waals surface area (Å²) in [5, 5.41) is 100. The Bertz CT molecular complexity index is 1790. The van der Waals surface area contributed by atoms with E-state index in [4.69, 9.17) is 18.6 Å². The van der Waals surface area contributed by atoms with Gasteiger partial charge in [-0.1, -0.05) is 0 Å². The molecule has 1 fully saturated rings. The molecule has 232 valence electrons. The van der Waals surface area contributed by atoms with Crippen LogP contribution in [0.1, 0.15) is 10.4 Å². The van der Waals surface area contributed by atoms with Crippen molar-refractivity contribution in [1.82, 2.24) is 0 Å². The van der Waals surface area contributed by atoms with Crippen molar-refractivity contribution in [3.05, 3.63) is 58.3 Å². The number of aromatic hydroxyl groups is 7. The van der Waals surface area contributed by atoms with Crippen molar-refractivity contribution < 1.29 is 74.5 Å². The Labute approximate surface area is 244 Å². The lowest BCUT2D eigenvalue weighted by Gasteiger charge is -2.41. The van der Waals surface area contributed by atoms with Crippen molar-refractivity contribution in [2.24, 2.45) is 0 Å². The lowest BCUT2D eigenvalue weighted by molar-refractivity contribution is -0.276. The summed E-state index contributed by atoms with van der Waals surface area (Å²) in [4.78, 5) is 25.9. The maximum absolute atomic E-state index is 13.0. The number of phenols is 7. The van der Waals surface area contributed by atoms with Gasteiger partial charge in [0.05, 0.1) is 12.2 Å². The molecule has 5 atom stereocenters. The van der Waals surface area contributed by atoms with E-state index in [1.807, 2.05) is 0 Å². The van der Waals surface area contributed by atoms with E-state index < -0.39 is 111 Å². The highest BCUT2D eigenvalue weighted by Gasteiger charge is 2.48. The van der Waals surface area contributed by atoms with E-state index in [0.29, 0.717) is 0 Å². The van der Waals surface area contributed by atoms with Gasteiger partial charge in [-0.05, 0) is 30.3 Å². The average Bonchev–Trinajstić information content (AvgIpc) is 2.97. The van der Waals surface area contributed by atoms with Gasteiger partial charge in [0, 0.05) is 17.7 Å². The Kier molecular flexibility index (Phi) is 7.75. The van der Waals surface area contributed by atoms with Gasteiger partial charge in [0.15, 0.2) is 51.6 Å². The number of phenolic OH excluding ortho intramolecular Hbond substituents is 7. The molecule has 16 heteroatoms. The van der Waals surface area contributed by atoms with Crippen LogP contribution in [-0.2, 0) is 9.47 Å². The molecule has 44 heavy (non-hydrogen) atoms. The minimum absolute atomic E-state index is 0.0769. The molecule has 4 aromatic rings. The van der Waals surface area contributed by atoms with Crippen LogP contribution in [0.5, 0.6) is 46.0 Å². The van der Waals surface area contributed by atoms with E-state index in [2.05, 4.69) is 0 Å². The van der Waals surface area contributed by atoms with E-state index in [0.717, 1.165) is 36.4 Å². The van der Waals surface area contributed by atoms with Crippen molar-refractivity contribution in [3.8, 4) is 57.3 Å². The van der Waals surface area contributed by atoms with Crippen LogP contribution in [0.15, 0.2) is 51.7 Å². The first-order valence-corrected chi connectivity index (χ1v) is 12.6. The Balaban J connectivity index is 1.59. The summed E-state index contributed by atoms with van der Waals surface area (Å²) >= 11 is 0. The summed E-state index contributed by atoms with van der Waals surface area (Å²) in [6, 6.07) is 6.58. The number of esters is 1. The molecule has 0 spiro atoms. The first-order valence-electron chi connectivity index (χ1n) is 12.6. The molecule has 1 saturated heterocycles. The Morgan fingerprint density at radius 3 is 2.11 bits per heavy atom. The number of aliphatic hydroxyl groups excluding tert-OH is 3.